The molecule has 1 amide bonds. The lowest BCUT2D eigenvalue weighted by molar-refractivity contribution is -0.118. The van der Waals surface area contributed by atoms with E-state index in [4.69, 9.17) is 17.3 Å². The zero-order valence-electron chi connectivity index (χ0n) is 9.13. The smallest absolute Gasteiger partial charge is 0.218 e. The highest BCUT2D eigenvalue weighted by Gasteiger charge is 2.26. The fourth-order valence-corrected chi connectivity index (χ4v) is 3.56. The van der Waals surface area contributed by atoms with Crippen molar-refractivity contribution in [2.75, 3.05) is 0 Å². The van der Waals surface area contributed by atoms with Crippen LogP contribution in [-0.4, -0.2) is 11.9 Å². The molecule has 1 aromatic heterocycles. The number of primary amides is 1. The molecular formula is C11H15ClN2OS. The highest BCUT2D eigenvalue weighted by Crippen LogP contribution is 2.39. The predicted octanol–water partition coefficient (Wildman–Crippen LogP) is 2.24. The number of hydrogen-bond acceptors (Lipinski definition) is 3. The Bertz CT molecular complexity index is 405. The van der Waals surface area contributed by atoms with E-state index in [9.17, 15) is 4.79 Å². The quantitative estimate of drug-likeness (QED) is 0.870. The van der Waals surface area contributed by atoms with Crippen molar-refractivity contribution < 1.29 is 4.79 Å². The van der Waals surface area contributed by atoms with Gasteiger partial charge in [0.05, 0.1) is 4.34 Å². The maximum Gasteiger partial charge on any atom is 0.218 e. The molecule has 16 heavy (non-hydrogen) atoms. The Morgan fingerprint density at radius 1 is 1.81 bits per heavy atom. The summed E-state index contributed by atoms with van der Waals surface area (Å²) >= 11 is 7.64. The Morgan fingerprint density at radius 2 is 2.56 bits per heavy atom. The van der Waals surface area contributed by atoms with Gasteiger partial charge in [-0.15, -0.1) is 11.3 Å². The van der Waals surface area contributed by atoms with Crippen molar-refractivity contribution >= 4 is 28.8 Å². The second-order valence-electron chi connectivity index (χ2n) is 4.26. The Kier molecular flexibility index (Phi) is 3.52. The summed E-state index contributed by atoms with van der Waals surface area (Å²) in [4.78, 5) is 12.2. The molecule has 2 atom stereocenters. The van der Waals surface area contributed by atoms with E-state index in [0.717, 1.165) is 17.2 Å². The van der Waals surface area contributed by atoms with Gasteiger partial charge < -0.3 is 11.1 Å². The number of rotatable bonds is 4. The number of halogens is 1. The molecule has 1 aliphatic carbocycles. The van der Waals surface area contributed by atoms with Crippen molar-refractivity contribution in [2.24, 2.45) is 5.73 Å². The van der Waals surface area contributed by atoms with Gasteiger partial charge in [0.15, 0.2) is 0 Å². The van der Waals surface area contributed by atoms with Crippen LogP contribution in [0.4, 0.5) is 0 Å². The Morgan fingerprint density at radius 3 is 3.25 bits per heavy atom. The van der Waals surface area contributed by atoms with Gasteiger partial charge in [0.25, 0.3) is 0 Å². The molecule has 2 unspecified atom stereocenters. The third-order valence-electron chi connectivity index (χ3n) is 2.84. The van der Waals surface area contributed by atoms with Gasteiger partial charge in [-0.1, -0.05) is 11.6 Å². The molecule has 5 heteroatoms. The fourth-order valence-electron chi connectivity index (χ4n) is 2.21. The van der Waals surface area contributed by atoms with Gasteiger partial charge in [0, 0.05) is 23.4 Å². The minimum atomic E-state index is -0.262. The van der Waals surface area contributed by atoms with Crippen LogP contribution in [0.1, 0.15) is 36.2 Å². The lowest BCUT2D eigenvalue weighted by Gasteiger charge is -2.18. The van der Waals surface area contributed by atoms with Gasteiger partial charge in [-0.05, 0) is 31.4 Å². The number of hydrogen-bond donors (Lipinski definition) is 2. The Balaban J connectivity index is 1.99. The summed E-state index contributed by atoms with van der Waals surface area (Å²) in [6.07, 6.45) is 2.54. The lowest BCUT2D eigenvalue weighted by Crippen LogP contribution is -2.33. The predicted molar refractivity (Wildman–Crippen MR) is 66.8 cm³/mol. The van der Waals surface area contributed by atoms with E-state index in [1.165, 1.54) is 10.4 Å². The molecule has 0 fully saturated rings. The van der Waals surface area contributed by atoms with E-state index in [1.54, 1.807) is 11.3 Å². The number of carbonyl (C=O) groups excluding carboxylic acids is 1. The monoisotopic (exact) mass is 258 g/mol. The van der Waals surface area contributed by atoms with Gasteiger partial charge >= 0.3 is 0 Å². The maximum absolute atomic E-state index is 10.8. The van der Waals surface area contributed by atoms with Crippen LogP contribution in [0, 0.1) is 0 Å². The van der Waals surface area contributed by atoms with Crippen LogP contribution in [0.2, 0.25) is 4.34 Å². The highest BCUT2D eigenvalue weighted by molar-refractivity contribution is 7.16. The molecule has 1 heterocycles. The summed E-state index contributed by atoms with van der Waals surface area (Å²) < 4.78 is 0.846. The first kappa shape index (κ1) is 11.9. The molecule has 3 nitrogen and oxygen atoms in total. The van der Waals surface area contributed by atoms with Gasteiger partial charge in [0.2, 0.25) is 5.91 Å². The van der Waals surface area contributed by atoms with E-state index < -0.39 is 0 Å². The minimum Gasteiger partial charge on any atom is -0.370 e. The molecule has 0 aliphatic heterocycles. The van der Waals surface area contributed by atoms with Crippen LogP contribution in [0.25, 0.3) is 0 Å². The summed E-state index contributed by atoms with van der Waals surface area (Å²) in [7, 11) is 0. The van der Waals surface area contributed by atoms with E-state index in [0.29, 0.717) is 12.5 Å². The highest BCUT2D eigenvalue weighted by atomic mass is 35.5. The summed E-state index contributed by atoms with van der Waals surface area (Å²) in [5, 5.41) is 3.43. The minimum absolute atomic E-state index is 0.118. The molecule has 0 saturated carbocycles. The molecule has 2 rings (SSSR count). The molecule has 88 valence electrons. The van der Waals surface area contributed by atoms with Crippen molar-refractivity contribution in [3.8, 4) is 0 Å². The van der Waals surface area contributed by atoms with Gasteiger partial charge in [-0.3, -0.25) is 4.79 Å². The third kappa shape index (κ3) is 2.56. The molecular weight excluding hydrogens is 244 g/mol. The van der Waals surface area contributed by atoms with Crippen molar-refractivity contribution in [1.29, 1.82) is 0 Å². The fraction of sp³-hybridized carbons (Fsp3) is 0.545. The molecule has 3 N–H and O–H groups in total. The molecule has 1 aliphatic rings. The van der Waals surface area contributed by atoms with Crippen LogP contribution in [0.5, 0.6) is 0 Å². The summed E-state index contributed by atoms with van der Waals surface area (Å²) in [6.45, 7) is 1.98. The van der Waals surface area contributed by atoms with Crippen LogP contribution < -0.4 is 11.1 Å². The van der Waals surface area contributed by atoms with Crippen LogP contribution >= 0.6 is 22.9 Å². The molecule has 0 aromatic carbocycles. The SMILES string of the molecule is CC(CC(N)=O)NC1CCc2sc(Cl)cc21. The largest absolute Gasteiger partial charge is 0.370 e. The summed E-state index contributed by atoms with van der Waals surface area (Å²) in [6, 6.07) is 2.48. The van der Waals surface area contributed by atoms with Crippen molar-refractivity contribution in [3.63, 3.8) is 0 Å². The number of fused-ring (bicyclic) bond motifs is 1. The lowest BCUT2D eigenvalue weighted by atomic mass is 10.1. The molecule has 1 aromatic rings. The number of carbonyl (C=O) groups is 1. The maximum atomic E-state index is 10.8. The first-order valence-corrected chi connectivity index (χ1v) is 6.58. The first-order valence-electron chi connectivity index (χ1n) is 5.38. The molecule has 0 radical (unpaired) electrons. The molecule has 0 bridgehead atoms. The van der Waals surface area contributed by atoms with Crippen molar-refractivity contribution in [2.45, 2.75) is 38.3 Å². The van der Waals surface area contributed by atoms with Crippen LogP contribution in [0.15, 0.2) is 6.07 Å². The summed E-state index contributed by atoms with van der Waals surface area (Å²) in [5.41, 5.74) is 6.47. The van der Waals surface area contributed by atoms with E-state index in [1.807, 2.05) is 13.0 Å². The Labute approximate surface area is 104 Å². The summed E-state index contributed by atoms with van der Waals surface area (Å²) in [5.74, 6) is -0.262. The van der Waals surface area contributed by atoms with Crippen LogP contribution in [0.3, 0.4) is 0 Å². The average molecular weight is 259 g/mol. The third-order valence-corrected chi connectivity index (χ3v) is 4.18. The van der Waals surface area contributed by atoms with E-state index in [2.05, 4.69) is 5.32 Å². The second-order valence-corrected chi connectivity index (χ2v) is 6.03. The number of nitrogens with two attached hydrogens (primary N) is 1. The topological polar surface area (TPSA) is 55.1 Å². The first-order chi connectivity index (χ1) is 7.56. The van der Waals surface area contributed by atoms with Crippen molar-refractivity contribution in [3.05, 3.63) is 20.8 Å². The standard InChI is InChI=1S/C11H15ClN2OS/c1-6(4-11(13)15)14-8-2-3-9-7(8)5-10(12)16-9/h5-6,8,14H,2-4H2,1H3,(H2,13,15). The molecule has 0 spiro atoms. The van der Waals surface area contributed by atoms with Gasteiger partial charge in [-0.25, -0.2) is 0 Å². The van der Waals surface area contributed by atoms with E-state index in [-0.39, 0.29) is 11.9 Å². The zero-order valence-corrected chi connectivity index (χ0v) is 10.7. The Hall–Kier alpha value is -0.580. The number of thiophene rings is 1. The number of amides is 1. The normalized spacial score (nSPS) is 20.8. The average Bonchev–Trinajstić information content (AvgIpc) is 2.65. The van der Waals surface area contributed by atoms with Crippen LogP contribution in [-0.2, 0) is 11.2 Å². The molecule has 0 saturated heterocycles. The van der Waals surface area contributed by atoms with E-state index >= 15 is 0 Å². The second kappa shape index (κ2) is 4.73. The number of aryl methyl sites for hydroxylation is 1. The van der Waals surface area contributed by atoms with Gasteiger partial charge in [-0.2, -0.15) is 0 Å². The zero-order chi connectivity index (χ0) is 11.7. The van der Waals surface area contributed by atoms with Gasteiger partial charge in [0.1, 0.15) is 0 Å². The number of nitrogens with one attached hydrogen (secondary N) is 1. The van der Waals surface area contributed by atoms with Crippen molar-refractivity contribution in [1.82, 2.24) is 5.32 Å².